The highest BCUT2D eigenvalue weighted by Gasteiger charge is 1.95. The Balaban J connectivity index is 2.85. The Kier molecular flexibility index (Phi) is 3.26. The predicted octanol–water partition coefficient (Wildman–Crippen LogP) is 2.76. The zero-order valence-electron chi connectivity index (χ0n) is 7.95. The maximum absolute atomic E-state index is 5.04. The Labute approximate surface area is 78.6 Å². The fourth-order valence-corrected chi connectivity index (χ4v) is 1.01. The van der Waals surface area contributed by atoms with Gasteiger partial charge in [-0.15, -0.1) is 0 Å². The lowest BCUT2D eigenvalue weighted by Crippen LogP contribution is -1.83. The molecule has 0 saturated heterocycles. The van der Waals surface area contributed by atoms with Gasteiger partial charge in [0, 0.05) is 6.21 Å². The molecule has 0 aliphatic heterocycles. The lowest BCUT2D eigenvalue weighted by atomic mass is 10.2. The molecule has 0 aromatic heterocycles. The summed E-state index contributed by atoms with van der Waals surface area (Å²) in [5.41, 5.74) is 1.78. The van der Waals surface area contributed by atoms with E-state index in [0.717, 1.165) is 17.0 Å². The Morgan fingerprint density at radius 3 is 2.46 bits per heavy atom. The second-order valence-electron chi connectivity index (χ2n) is 2.56. The summed E-state index contributed by atoms with van der Waals surface area (Å²) in [7, 11) is 1.65. The van der Waals surface area contributed by atoms with Gasteiger partial charge in [0.2, 0.25) is 0 Å². The van der Waals surface area contributed by atoms with Crippen molar-refractivity contribution in [2.75, 3.05) is 7.11 Å². The quantitative estimate of drug-likeness (QED) is 0.647. The zero-order chi connectivity index (χ0) is 9.68. The van der Waals surface area contributed by atoms with Crippen LogP contribution >= 0.6 is 0 Å². The first-order chi connectivity index (χ1) is 6.27. The summed E-state index contributed by atoms with van der Waals surface area (Å²) in [4.78, 5) is 4.09. The standard InChI is InChI=1S/C11H13NO/c1-4-12-9(2)10-5-7-11(13-3)8-6-10/h4-8H,2H2,1,3H3. The van der Waals surface area contributed by atoms with E-state index in [-0.39, 0.29) is 0 Å². The Morgan fingerprint density at radius 2 is 2.00 bits per heavy atom. The molecule has 1 aromatic rings. The molecule has 2 heteroatoms. The van der Waals surface area contributed by atoms with Crippen molar-refractivity contribution in [1.29, 1.82) is 0 Å². The van der Waals surface area contributed by atoms with Crippen molar-refractivity contribution in [2.24, 2.45) is 4.99 Å². The molecule has 0 atom stereocenters. The van der Waals surface area contributed by atoms with Crippen molar-refractivity contribution in [3.05, 3.63) is 36.4 Å². The molecule has 0 aliphatic carbocycles. The number of ether oxygens (including phenoxy) is 1. The molecule has 2 nitrogen and oxygen atoms in total. The van der Waals surface area contributed by atoms with Crippen LogP contribution in [0.25, 0.3) is 5.70 Å². The average molecular weight is 175 g/mol. The minimum Gasteiger partial charge on any atom is -0.497 e. The maximum atomic E-state index is 5.04. The van der Waals surface area contributed by atoms with Gasteiger partial charge in [0.25, 0.3) is 0 Å². The van der Waals surface area contributed by atoms with Crippen LogP contribution in [0.3, 0.4) is 0 Å². The molecular formula is C11H13NO. The third kappa shape index (κ3) is 2.44. The van der Waals surface area contributed by atoms with Gasteiger partial charge in [-0.2, -0.15) is 0 Å². The topological polar surface area (TPSA) is 21.6 Å². The molecule has 1 aromatic carbocycles. The van der Waals surface area contributed by atoms with E-state index >= 15 is 0 Å². The SMILES string of the molecule is C=C(N=CC)c1ccc(OC)cc1. The number of methoxy groups -OCH3 is 1. The van der Waals surface area contributed by atoms with Gasteiger partial charge in [0.05, 0.1) is 12.8 Å². The molecule has 0 radical (unpaired) electrons. The normalized spacial score (nSPS) is 10.3. The highest BCUT2D eigenvalue weighted by molar-refractivity contribution is 5.71. The summed E-state index contributed by atoms with van der Waals surface area (Å²) >= 11 is 0. The largest absolute Gasteiger partial charge is 0.497 e. The number of aliphatic imine (C=N–C) groups is 1. The molecule has 0 unspecified atom stereocenters. The first kappa shape index (κ1) is 9.52. The molecule has 68 valence electrons. The maximum Gasteiger partial charge on any atom is 0.118 e. The van der Waals surface area contributed by atoms with E-state index in [1.165, 1.54) is 0 Å². The Bertz CT molecular complexity index is 311. The van der Waals surface area contributed by atoms with E-state index < -0.39 is 0 Å². The summed E-state index contributed by atoms with van der Waals surface area (Å²) in [6, 6.07) is 7.67. The second kappa shape index (κ2) is 4.45. The van der Waals surface area contributed by atoms with E-state index in [2.05, 4.69) is 11.6 Å². The van der Waals surface area contributed by atoms with Crippen molar-refractivity contribution in [3.8, 4) is 5.75 Å². The molecular weight excluding hydrogens is 162 g/mol. The molecule has 0 bridgehead atoms. The summed E-state index contributed by atoms with van der Waals surface area (Å²) in [6.45, 7) is 5.70. The Morgan fingerprint density at radius 1 is 1.38 bits per heavy atom. The summed E-state index contributed by atoms with van der Waals surface area (Å²) in [6.07, 6.45) is 1.73. The third-order valence-electron chi connectivity index (χ3n) is 1.71. The fourth-order valence-electron chi connectivity index (χ4n) is 1.01. The van der Waals surface area contributed by atoms with Crippen LogP contribution in [0.1, 0.15) is 12.5 Å². The smallest absolute Gasteiger partial charge is 0.118 e. The molecule has 0 fully saturated rings. The monoisotopic (exact) mass is 175 g/mol. The summed E-state index contributed by atoms with van der Waals surface area (Å²) in [5.74, 6) is 0.844. The van der Waals surface area contributed by atoms with Crippen molar-refractivity contribution >= 4 is 11.9 Å². The number of hydrogen-bond donors (Lipinski definition) is 0. The van der Waals surface area contributed by atoms with Gasteiger partial charge < -0.3 is 4.74 Å². The number of rotatable bonds is 3. The fraction of sp³-hybridized carbons (Fsp3) is 0.182. The molecule has 0 heterocycles. The first-order valence-electron chi connectivity index (χ1n) is 4.10. The third-order valence-corrected chi connectivity index (χ3v) is 1.71. The van der Waals surface area contributed by atoms with Gasteiger partial charge in [0.1, 0.15) is 5.75 Å². The summed E-state index contributed by atoms with van der Waals surface area (Å²) < 4.78 is 5.04. The van der Waals surface area contributed by atoms with Crippen LogP contribution in [0, 0.1) is 0 Å². The van der Waals surface area contributed by atoms with E-state index in [9.17, 15) is 0 Å². The van der Waals surface area contributed by atoms with Gasteiger partial charge in [-0.05, 0) is 36.8 Å². The van der Waals surface area contributed by atoms with Gasteiger partial charge in [0.15, 0.2) is 0 Å². The van der Waals surface area contributed by atoms with E-state index in [1.54, 1.807) is 13.3 Å². The van der Waals surface area contributed by atoms with Crippen molar-refractivity contribution < 1.29 is 4.74 Å². The highest BCUT2D eigenvalue weighted by Crippen LogP contribution is 2.17. The highest BCUT2D eigenvalue weighted by atomic mass is 16.5. The van der Waals surface area contributed by atoms with Crippen molar-refractivity contribution in [2.45, 2.75) is 6.92 Å². The van der Waals surface area contributed by atoms with Crippen LogP contribution in [-0.4, -0.2) is 13.3 Å². The molecule has 0 saturated carbocycles. The summed E-state index contributed by atoms with van der Waals surface area (Å²) in [5, 5.41) is 0. The van der Waals surface area contributed by atoms with Crippen LogP contribution in [0.4, 0.5) is 0 Å². The molecule has 1 rings (SSSR count). The number of hydrogen-bond acceptors (Lipinski definition) is 2. The minimum atomic E-state index is 0.769. The second-order valence-corrected chi connectivity index (χ2v) is 2.56. The van der Waals surface area contributed by atoms with Crippen LogP contribution in [0.2, 0.25) is 0 Å². The zero-order valence-corrected chi connectivity index (χ0v) is 7.95. The lowest BCUT2D eigenvalue weighted by Gasteiger charge is -2.01. The average Bonchev–Trinajstić information content (AvgIpc) is 2.18. The molecule has 0 amide bonds. The van der Waals surface area contributed by atoms with E-state index in [0.29, 0.717) is 0 Å². The Hall–Kier alpha value is -1.57. The molecule has 0 spiro atoms. The van der Waals surface area contributed by atoms with E-state index in [1.807, 2.05) is 31.2 Å². The molecule has 13 heavy (non-hydrogen) atoms. The first-order valence-corrected chi connectivity index (χ1v) is 4.10. The lowest BCUT2D eigenvalue weighted by molar-refractivity contribution is 0.415. The minimum absolute atomic E-state index is 0.769. The molecule has 0 N–H and O–H groups in total. The van der Waals surface area contributed by atoms with Crippen molar-refractivity contribution in [3.63, 3.8) is 0 Å². The van der Waals surface area contributed by atoms with E-state index in [4.69, 9.17) is 4.74 Å². The van der Waals surface area contributed by atoms with Crippen LogP contribution < -0.4 is 4.74 Å². The van der Waals surface area contributed by atoms with Crippen molar-refractivity contribution in [1.82, 2.24) is 0 Å². The number of benzene rings is 1. The molecule has 0 aliphatic rings. The van der Waals surface area contributed by atoms with Crippen LogP contribution in [-0.2, 0) is 0 Å². The van der Waals surface area contributed by atoms with Gasteiger partial charge in [-0.1, -0.05) is 6.58 Å². The number of nitrogens with zero attached hydrogens (tertiary/aromatic N) is 1. The van der Waals surface area contributed by atoms with Gasteiger partial charge >= 0.3 is 0 Å². The predicted molar refractivity (Wildman–Crippen MR) is 56.2 cm³/mol. The van der Waals surface area contributed by atoms with Gasteiger partial charge in [-0.25, -0.2) is 0 Å². The van der Waals surface area contributed by atoms with Crippen LogP contribution in [0.15, 0.2) is 35.8 Å². The van der Waals surface area contributed by atoms with Gasteiger partial charge in [-0.3, -0.25) is 4.99 Å². The van der Waals surface area contributed by atoms with Crippen LogP contribution in [0.5, 0.6) is 5.75 Å².